The maximum absolute atomic E-state index is 12.8. The minimum absolute atomic E-state index is 0.00138. The van der Waals surface area contributed by atoms with Gasteiger partial charge in [-0.05, 0) is 69.8 Å². The Hall–Kier alpha value is -2.12. The van der Waals surface area contributed by atoms with E-state index in [4.69, 9.17) is 42.6 Å². The van der Waals surface area contributed by atoms with Crippen molar-refractivity contribution in [2.75, 3.05) is 92.5 Å². The van der Waals surface area contributed by atoms with Crippen molar-refractivity contribution in [3.8, 4) is 0 Å². The van der Waals surface area contributed by atoms with Gasteiger partial charge in [-0.25, -0.2) is 0 Å². The zero-order valence-electron chi connectivity index (χ0n) is 42.2. The average Bonchev–Trinajstić information content (AvgIpc) is 3.32. The van der Waals surface area contributed by atoms with Gasteiger partial charge in [-0.15, -0.1) is 0 Å². The first kappa shape index (κ1) is 60.9. The monoisotopic (exact) mass is 923 g/mol. The molecule has 380 valence electrons. The summed E-state index contributed by atoms with van der Waals surface area (Å²) in [4.78, 5) is 25.6. The van der Waals surface area contributed by atoms with Crippen LogP contribution in [0.25, 0.3) is 0 Å². The number of hydrogen-bond donors (Lipinski definition) is 0. The molecule has 0 aliphatic rings. The molecule has 0 N–H and O–H groups in total. The van der Waals surface area contributed by atoms with Gasteiger partial charge in [-0.2, -0.15) is 0 Å². The molecule has 0 saturated carbocycles. The quantitative estimate of drug-likeness (QED) is 0.0459. The molecule has 1 aromatic rings. The lowest BCUT2D eigenvalue weighted by Gasteiger charge is -2.19. The second-order valence-electron chi connectivity index (χ2n) is 17.6. The Morgan fingerprint density at radius 2 is 0.769 bits per heavy atom. The Kier molecular flexibility index (Phi) is 45.3. The van der Waals surface area contributed by atoms with Gasteiger partial charge >= 0.3 is 11.9 Å². The van der Waals surface area contributed by atoms with Crippen LogP contribution in [0.4, 0.5) is 0 Å². The number of hydrogen-bond acceptors (Lipinski definition) is 11. The van der Waals surface area contributed by atoms with Gasteiger partial charge in [0, 0.05) is 13.2 Å². The second-order valence-corrected chi connectivity index (χ2v) is 17.6. The molecule has 0 saturated heterocycles. The SMILES string of the molecule is CCCCCCC(CCCC)C(=O)OCCCCCCOCC(COCCOCCOCCOCCOCc1ccccc1)OCCCCCCOC(=O)C(CCCC)CCCCCC. The molecule has 1 aromatic carbocycles. The Morgan fingerprint density at radius 1 is 0.385 bits per heavy atom. The first-order valence-corrected chi connectivity index (χ1v) is 26.5. The van der Waals surface area contributed by atoms with Crippen LogP contribution in [-0.2, 0) is 58.8 Å². The van der Waals surface area contributed by atoms with Crippen molar-refractivity contribution in [1.82, 2.24) is 0 Å². The highest BCUT2D eigenvalue weighted by Gasteiger charge is 2.20. The molecular formula is C54H98O11. The van der Waals surface area contributed by atoms with E-state index in [2.05, 4.69) is 27.7 Å². The molecule has 0 aliphatic carbocycles. The van der Waals surface area contributed by atoms with Crippen molar-refractivity contribution in [2.45, 2.75) is 195 Å². The van der Waals surface area contributed by atoms with Crippen LogP contribution in [-0.4, -0.2) is 111 Å². The van der Waals surface area contributed by atoms with E-state index in [1.165, 1.54) is 38.5 Å². The van der Waals surface area contributed by atoms with Crippen molar-refractivity contribution in [3.05, 3.63) is 35.9 Å². The first-order valence-electron chi connectivity index (χ1n) is 26.5. The number of ether oxygens (including phenoxy) is 9. The van der Waals surface area contributed by atoms with Gasteiger partial charge in [0.15, 0.2) is 0 Å². The number of carbonyl (C=O) groups excluding carboxylic acids is 2. The normalized spacial score (nSPS) is 12.9. The van der Waals surface area contributed by atoms with E-state index in [9.17, 15) is 9.59 Å². The fourth-order valence-electron chi connectivity index (χ4n) is 7.46. The van der Waals surface area contributed by atoms with Crippen LogP contribution < -0.4 is 0 Å². The van der Waals surface area contributed by atoms with Gasteiger partial charge < -0.3 is 42.6 Å². The van der Waals surface area contributed by atoms with E-state index < -0.39 is 0 Å². The van der Waals surface area contributed by atoms with Crippen LogP contribution in [0.5, 0.6) is 0 Å². The van der Waals surface area contributed by atoms with Gasteiger partial charge in [-0.3, -0.25) is 9.59 Å². The second kappa shape index (κ2) is 48.3. The third-order valence-electron chi connectivity index (χ3n) is 11.6. The topological polar surface area (TPSA) is 117 Å². The maximum Gasteiger partial charge on any atom is 0.308 e. The number of esters is 2. The summed E-state index contributed by atoms with van der Waals surface area (Å²) in [5.74, 6) is 0.105. The zero-order chi connectivity index (χ0) is 46.9. The number of carbonyl (C=O) groups is 2. The van der Waals surface area contributed by atoms with E-state index in [0.717, 1.165) is 121 Å². The molecule has 0 amide bonds. The summed E-state index contributed by atoms with van der Waals surface area (Å²) in [6.07, 6.45) is 25.2. The van der Waals surface area contributed by atoms with Gasteiger partial charge in [0.2, 0.25) is 0 Å². The summed E-state index contributed by atoms with van der Waals surface area (Å²) < 4.78 is 52.2. The molecular weight excluding hydrogens is 825 g/mol. The van der Waals surface area contributed by atoms with Gasteiger partial charge in [0.1, 0.15) is 6.10 Å². The molecule has 0 heterocycles. The highest BCUT2D eigenvalue weighted by atomic mass is 16.6. The van der Waals surface area contributed by atoms with E-state index in [1.54, 1.807) is 0 Å². The largest absolute Gasteiger partial charge is 0.465 e. The fraction of sp³-hybridized carbons (Fsp3) is 0.852. The molecule has 11 heteroatoms. The molecule has 0 fully saturated rings. The van der Waals surface area contributed by atoms with Gasteiger partial charge in [0.05, 0.1) is 97.7 Å². The highest BCUT2D eigenvalue weighted by molar-refractivity contribution is 5.72. The Balaban J connectivity index is 2.29. The van der Waals surface area contributed by atoms with Crippen molar-refractivity contribution in [1.29, 1.82) is 0 Å². The van der Waals surface area contributed by atoms with Crippen LogP contribution in [0.3, 0.4) is 0 Å². The number of unbranched alkanes of at least 4 members (excludes halogenated alkanes) is 14. The summed E-state index contributed by atoms with van der Waals surface area (Å²) in [5, 5.41) is 0. The highest BCUT2D eigenvalue weighted by Crippen LogP contribution is 2.21. The first-order chi connectivity index (χ1) is 32.0. The third kappa shape index (κ3) is 39.6. The zero-order valence-corrected chi connectivity index (χ0v) is 42.2. The standard InChI is InChI=1S/C54H98O11/c1-5-9-13-22-32-50(30-11-7-3)53(55)64-36-26-16-15-24-34-60-47-52(63-35-25-17-18-27-37-65-54(56)51(31-12-8-4)33-23-14-10-6-2)48-62-45-43-59-41-39-57-38-40-58-42-44-61-46-49-28-20-19-21-29-49/h19-21,28-29,50-52H,5-18,22-27,30-48H2,1-4H3. The molecule has 0 aliphatic heterocycles. The lowest BCUT2D eigenvalue weighted by Crippen LogP contribution is -2.27. The van der Waals surface area contributed by atoms with Gasteiger partial charge in [-0.1, -0.05) is 148 Å². The lowest BCUT2D eigenvalue weighted by molar-refractivity contribution is -0.150. The van der Waals surface area contributed by atoms with Gasteiger partial charge in [0.25, 0.3) is 0 Å². The predicted octanol–water partition coefficient (Wildman–Crippen LogP) is 12.4. The summed E-state index contributed by atoms with van der Waals surface area (Å²) in [7, 11) is 0. The van der Waals surface area contributed by atoms with Crippen LogP contribution in [0.2, 0.25) is 0 Å². The molecule has 0 bridgehead atoms. The molecule has 3 unspecified atom stereocenters. The van der Waals surface area contributed by atoms with Crippen molar-refractivity contribution in [2.24, 2.45) is 11.8 Å². The van der Waals surface area contributed by atoms with Crippen LogP contribution in [0.1, 0.15) is 187 Å². The third-order valence-corrected chi connectivity index (χ3v) is 11.6. The summed E-state index contributed by atoms with van der Waals surface area (Å²) in [5.41, 5.74) is 1.16. The maximum atomic E-state index is 12.8. The van der Waals surface area contributed by atoms with Crippen LogP contribution in [0.15, 0.2) is 30.3 Å². The van der Waals surface area contributed by atoms with Crippen molar-refractivity contribution < 1.29 is 52.2 Å². The van der Waals surface area contributed by atoms with Crippen LogP contribution in [0, 0.1) is 11.8 Å². The molecule has 1 rings (SSSR count). The molecule has 0 aromatic heterocycles. The Morgan fingerprint density at radius 3 is 1.25 bits per heavy atom. The lowest BCUT2D eigenvalue weighted by atomic mass is 9.95. The number of benzene rings is 1. The molecule has 0 radical (unpaired) electrons. The van der Waals surface area contributed by atoms with E-state index >= 15 is 0 Å². The fourth-order valence-corrected chi connectivity index (χ4v) is 7.46. The minimum atomic E-state index is -0.164. The molecule has 0 spiro atoms. The van der Waals surface area contributed by atoms with Crippen LogP contribution >= 0.6 is 0 Å². The van der Waals surface area contributed by atoms with E-state index in [0.29, 0.717) is 99.1 Å². The molecule has 3 atom stereocenters. The Labute approximate surface area is 397 Å². The van der Waals surface area contributed by atoms with Crippen molar-refractivity contribution in [3.63, 3.8) is 0 Å². The smallest absolute Gasteiger partial charge is 0.308 e. The minimum Gasteiger partial charge on any atom is -0.465 e. The predicted molar refractivity (Wildman–Crippen MR) is 262 cm³/mol. The summed E-state index contributed by atoms with van der Waals surface area (Å²) in [6.45, 7) is 16.6. The Bertz CT molecular complexity index is 1140. The molecule has 11 nitrogen and oxygen atoms in total. The molecule has 65 heavy (non-hydrogen) atoms. The van der Waals surface area contributed by atoms with E-state index in [-0.39, 0.29) is 29.9 Å². The van der Waals surface area contributed by atoms with Crippen molar-refractivity contribution >= 4 is 11.9 Å². The summed E-state index contributed by atoms with van der Waals surface area (Å²) in [6, 6.07) is 10.1. The average molecular weight is 923 g/mol. The van der Waals surface area contributed by atoms with E-state index in [1.807, 2.05) is 30.3 Å². The number of rotatable bonds is 51. The summed E-state index contributed by atoms with van der Waals surface area (Å²) >= 11 is 0.